The van der Waals surface area contributed by atoms with E-state index < -0.39 is 7.12 Å². The Morgan fingerprint density at radius 2 is 2.23 bits per heavy atom. The molecule has 1 aromatic carbocycles. The molecule has 2 heterocycles. The molecule has 0 spiro atoms. The van der Waals surface area contributed by atoms with Crippen LogP contribution in [0.1, 0.15) is 16.8 Å². The molecule has 0 radical (unpaired) electrons. The zero-order chi connectivity index (χ0) is 15.9. The predicted octanol–water partition coefficient (Wildman–Crippen LogP) is 2.91. The van der Waals surface area contributed by atoms with Gasteiger partial charge in [-0.3, -0.25) is 0 Å². The molecule has 2 aromatic rings. The van der Waals surface area contributed by atoms with E-state index in [0.29, 0.717) is 23.7 Å². The topological polar surface area (TPSA) is 55.9 Å². The SMILES string of the molecule is [C-]#[N+]c1cc(Cl)c(Oc2ccc3c(c2C)COB3O)nc1C. The highest BCUT2D eigenvalue weighted by Crippen LogP contribution is 2.34. The van der Waals surface area contributed by atoms with E-state index in [2.05, 4.69) is 9.83 Å². The van der Waals surface area contributed by atoms with E-state index in [1.807, 2.05) is 6.92 Å². The van der Waals surface area contributed by atoms with Gasteiger partial charge in [0, 0.05) is 5.69 Å². The van der Waals surface area contributed by atoms with Crippen LogP contribution >= 0.6 is 11.6 Å². The molecular weight excluding hydrogens is 302 g/mol. The first-order chi connectivity index (χ1) is 10.5. The number of fused-ring (bicyclic) bond motifs is 1. The molecular formula is C15H12BClN2O3. The molecule has 0 bridgehead atoms. The molecule has 0 amide bonds. The maximum absolute atomic E-state index is 9.70. The van der Waals surface area contributed by atoms with Crippen LogP contribution in [0, 0.1) is 20.4 Å². The summed E-state index contributed by atoms with van der Waals surface area (Å²) in [5.41, 5.74) is 3.50. The molecule has 0 saturated carbocycles. The minimum absolute atomic E-state index is 0.258. The molecule has 1 aliphatic heterocycles. The molecule has 0 fully saturated rings. The number of rotatable bonds is 2. The van der Waals surface area contributed by atoms with Gasteiger partial charge in [-0.05, 0) is 42.6 Å². The van der Waals surface area contributed by atoms with Crippen molar-refractivity contribution in [1.29, 1.82) is 0 Å². The molecule has 22 heavy (non-hydrogen) atoms. The Hall–Kier alpha value is -2.07. The predicted molar refractivity (Wildman–Crippen MR) is 83.9 cm³/mol. The summed E-state index contributed by atoms with van der Waals surface area (Å²) in [6, 6.07) is 5.06. The Morgan fingerprint density at radius 1 is 1.45 bits per heavy atom. The standard InChI is InChI=1S/C15H12BClN2O3/c1-8-10-7-21-16(20)11(10)4-5-14(8)22-15-12(17)6-13(18-3)9(2)19-15/h4-6,20H,7H2,1-2H3. The largest absolute Gasteiger partial charge is 0.491 e. The fourth-order valence-corrected chi connectivity index (χ4v) is 2.56. The van der Waals surface area contributed by atoms with Crippen molar-refractivity contribution in [3.05, 3.63) is 51.5 Å². The molecule has 7 heteroatoms. The highest BCUT2D eigenvalue weighted by molar-refractivity contribution is 6.61. The summed E-state index contributed by atoms with van der Waals surface area (Å²) in [6.45, 7) is 11.0. The van der Waals surface area contributed by atoms with Crippen LogP contribution in [0.15, 0.2) is 18.2 Å². The van der Waals surface area contributed by atoms with Crippen molar-refractivity contribution in [3.63, 3.8) is 0 Å². The monoisotopic (exact) mass is 314 g/mol. The van der Waals surface area contributed by atoms with E-state index in [9.17, 15) is 5.02 Å². The molecule has 1 N–H and O–H groups in total. The number of aromatic nitrogens is 1. The van der Waals surface area contributed by atoms with Crippen LogP contribution in [-0.2, 0) is 11.3 Å². The summed E-state index contributed by atoms with van der Waals surface area (Å²) in [7, 11) is -0.885. The van der Waals surface area contributed by atoms with Gasteiger partial charge in [0.2, 0.25) is 11.6 Å². The van der Waals surface area contributed by atoms with Gasteiger partial charge < -0.3 is 14.4 Å². The first-order valence-corrected chi connectivity index (χ1v) is 7.03. The van der Waals surface area contributed by atoms with E-state index in [1.54, 1.807) is 25.1 Å². The lowest BCUT2D eigenvalue weighted by atomic mass is 9.78. The lowest BCUT2D eigenvalue weighted by molar-refractivity contribution is 0.274. The van der Waals surface area contributed by atoms with Crippen molar-refractivity contribution in [2.75, 3.05) is 0 Å². The second-order valence-corrected chi connectivity index (χ2v) is 5.42. The normalized spacial score (nSPS) is 13.0. The zero-order valence-corrected chi connectivity index (χ0v) is 12.8. The van der Waals surface area contributed by atoms with Crippen LogP contribution in [0.3, 0.4) is 0 Å². The fraction of sp³-hybridized carbons (Fsp3) is 0.200. The lowest BCUT2D eigenvalue weighted by Gasteiger charge is -2.13. The summed E-state index contributed by atoms with van der Waals surface area (Å²) in [5.74, 6) is 0.856. The average Bonchev–Trinajstić information content (AvgIpc) is 2.87. The van der Waals surface area contributed by atoms with Gasteiger partial charge in [-0.25, -0.2) is 9.83 Å². The van der Waals surface area contributed by atoms with Crippen molar-refractivity contribution >= 4 is 29.9 Å². The second-order valence-electron chi connectivity index (χ2n) is 5.01. The zero-order valence-electron chi connectivity index (χ0n) is 12.1. The lowest BCUT2D eigenvalue weighted by Crippen LogP contribution is -2.28. The molecule has 5 nitrogen and oxygen atoms in total. The van der Waals surface area contributed by atoms with Crippen LogP contribution in [0.2, 0.25) is 5.02 Å². The Balaban J connectivity index is 1.98. The Labute approximate surface area is 133 Å². The first kappa shape index (κ1) is 14.9. The first-order valence-electron chi connectivity index (χ1n) is 6.65. The van der Waals surface area contributed by atoms with Crippen LogP contribution in [0.5, 0.6) is 11.6 Å². The number of hydrogen-bond acceptors (Lipinski definition) is 4. The molecule has 3 rings (SSSR count). The summed E-state index contributed by atoms with van der Waals surface area (Å²) in [5, 5.41) is 9.98. The third-order valence-corrected chi connectivity index (χ3v) is 3.94. The summed E-state index contributed by atoms with van der Waals surface area (Å²) in [6.07, 6.45) is 0. The van der Waals surface area contributed by atoms with E-state index in [0.717, 1.165) is 16.6 Å². The molecule has 1 aliphatic rings. The fourth-order valence-electron chi connectivity index (χ4n) is 2.38. The van der Waals surface area contributed by atoms with Crippen LogP contribution in [0.4, 0.5) is 5.69 Å². The van der Waals surface area contributed by atoms with Crippen molar-refractivity contribution < 1.29 is 14.4 Å². The number of aryl methyl sites for hydroxylation is 1. The quantitative estimate of drug-likeness (QED) is 0.684. The summed E-state index contributed by atoms with van der Waals surface area (Å²) >= 11 is 6.13. The van der Waals surface area contributed by atoms with Crippen molar-refractivity contribution in [3.8, 4) is 11.6 Å². The van der Waals surface area contributed by atoms with Gasteiger partial charge in [-0.15, -0.1) is 0 Å². The number of nitrogens with zero attached hydrogens (tertiary/aromatic N) is 2. The Morgan fingerprint density at radius 3 is 2.95 bits per heavy atom. The molecule has 110 valence electrons. The van der Waals surface area contributed by atoms with Crippen molar-refractivity contribution in [2.45, 2.75) is 20.5 Å². The number of ether oxygens (including phenoxy) is 1. The van der Waals surface area contributed by atoms with E-state index in [-0.39, 0.29) is 10.9 Å². The van der Waals surface area contributed by atoms with Crippen molar-refractivity contribution in [2.24, 2.45) is 0 Å². The third-order valence-electron chi connectivity index (χ3n) is 3.67. The molecule has 1 aromatic heterocycles. The number of pyridine rings is 1. The number of benzene rings is 1. The van der Waals surface area contributed by atoms with Gasteiger partial charge in [0.05, 0.1) is 18.2 Å². The van der Waals surface area contributed by atoms with Gasteiger partial charge >= 0.3 is 7.12 Å². The summed E-state index contributed by atoms with van der Waals surface area (Å²) < 4.78 is 11.0. The molecule has 0 unspecified atom stereocenters. The van der Waals surface area contributed by atoms with Crippen LogP contribution in [-0.4, -0.2) is 17.1 Å². The number of halogens is 1. The van der Waals surface area contributed by atoms with Gasteiger partial charge in [0.15, 0.2) is 0 Å². The Bertz CT molecular complexity index is 804. The highest BCUT2D eigenvalue weighted by atomic mass is 35.5. The Kier molecular flexibility index (Phi) is 3.79. The van der Waals surface area contributed by atoms with Gasteiger partial charge in [-0.2, -0.15) is 0 Å². The molecule has 0 atom stereocenters. The van der Waals surface area contributed by atoms with E-state index in [4.69, 9.17) is 27.6 Å². The van der Waals surface area contributed by atoms with Gasteiger partial charge in [-0.1, -0.05) is 17.7 Å². The number of hydrogen-bond donors (Lipinski definition) is 1. The smallest absolute Gasteiger partial charge is 0.437 e. The average molecular weight is 315 g/mol. The van der Waals surface area contributed by atoms with Crippen LogP contribution < -0.4 is 10.2 Å². The van der Waals surface area contributed by atoms with Gasteiger partial charge in [0.1, 0.15) is 5.75 Å². The van der Waals surface area contributed by atoms with Crippen molar-refractivity contribution in [1.82, 2.24) is 4.98 Å². The minimum Gasteiger partial charge on any atom is -0.437 e. The second kappa shape index (κ2) is 5.62. The van der Waals surface area contributed by atoms with Gasteiger partial charge in [0.25, 0.3) is 0 Å². The molecule has 0 aliphatic carbocycles. The summed E-state index contributed by atoms with van der Waals surface area (Å²) in [4.78, 5) is 7.60. The maximum Gasteiger partial charge on any atom is 0.491 e. The minimum atomic E-state index is -0.885. The highest BCUT2D eigenvalue weighted by Gasteiger charge is 2.29. The van der Waals surface area contributed by atoms with Crippen LogP contribution in [0.25, 0.3) is 4.85 Å². The van der Waals surface area contributed by atoms with E-state index >= 15 is 0 Å². The molecule has 0 saturated heterocycles. The third kappa shape index (κ3) is 2.44. The maximum atomic E-state index is 9.70. The van der Waals surface area contributed by atoms with E-state index in [1.165, 1.54) is 0 Å².